The number of esters is 1. The second-order valence-corrected chi connectivity index (χ2v) is 4.76. The van der Waals surface area contributed by atoms with Crippen molar-refractivity contribution in [2.45, 2.75) is 0 Å². The second-order valence-electron chi connectivity index (χ2n) is 4.76. The number of nitrogens with one attached hydrogen (secondary N) is 1. The van der Waals surface area contributed by atoms with Crippen LogP contribution in [0, 0.1) is 11.3 Å². The molecule has 3 rings (SSSR count). The molecular weight excluding hydrogens is 292 g/mol. The number of aromatic amines is 1. The van der Waals surface area contributed by atoms with E-state index in [1.165, 1.54) is 7.11 Å². The highest BCUT2D eigenvalue weighted by Crippen LogP contribution is 2.27. The van der Waals surface area contributed by atoms with Gasteiger partial charge in [0.25, 0.3) is 0 Å². The number of benzene rings is 2. The average Bonchev–Trinajstić information content (AvgIpc) is 3.10. The number of carbonyl (C=O) groups excluding carboxylic acids is 1. The Hall–Kier alpha value is -3.46. The molecule has 23 heavy (non-hydrogen) atoms. The summed E-state index contributed by atoms with van der Waals surface area (Å²) in [6, 6.07) is 16.7. The third kappa shape index (κ3) is 2.68. The Morgan fingerprint density at radius 1 is 1.13 bits per heavy atom. The predicted octanol–water partition coefficient (Wildman–Crippen LogP) is 2.80. The minimum atomic E-state index is -0.382. The van der Waals surface area contributed by atoms with E-state index in [-0.39, 0.29) is 5.97 Å². The molecule has 6 heteroatoms. The van der Waals surface area contributed by atoms with E-state index in [9.17, 15) is 4.79 Å². The molecule has 0 amide bonds. The molecule has 0 spiro atoms. The first kappa shape index (κ1) is 14.5. The number of carbonyl (C=O) groups is 1. The third-order valence-electron chi connectivity index (χ3n) is 3.46. The largest absolute Gasteiger partial charge is 0.465 e. The third-order valence-corrected chi connectivity index (χ3v) is 3.46. The quantitative estimate of drug-likeness (QED) is 0.751. The minimum Gasteiger partial charge on any atom is -0.465 e. The molecular formula is C17H12N4O2. The van der Waals surface area contributed by atoms with E-state index in [1.54, 1.807) is 12.1 Å². The molecule has 2 aromatic carbocycles. The Kier molecular flexibility index (Phi) is 3.85. The summed E-state index contributed by atoms with van der Waals surface area (Å²) >= 11 is 0. The van der Waals surface area contributed by atoms with Crippen molar-refractivity contribution in [3.05, 3.63) is 59.8 Å². The van der Waals surface area contributed by atoms with Gasteiger partial charge >= 0.3 is 5.97 Å². The summed E-state index contributed by atoms with van der Waals surface area (Å²) < 4.78 is 4.81. The second kappa shape index (κ2) is 6.12. The number of aromatic nitrogens is 3. The zero-order valence-electron chi connectivity index (χ0n) is 12.3. The predicted molar refractivity (Wildman–Crippen MR) is 83.3 cm³/mol. The zero-order valence-corrected chi connectivity index (χ0v) is 12.3. The smallest absolute Gasteiger partial charge is 0.338 e. The molecule has 0 atom stereocenters. The SMILES string of the molecule is COC(=O)c1ccccc1-c1ccc(-c2nn[nH]c2C#N)cc1. The molecule has 0 radical (unpaired) electrons. The summed E-state index contributed by atoms with van der Waals surface area (Å²) in [4.78, 5) is 11.9. The van der Waals surface area contributed by atoms with Gasteiger partial charge in [0.1, 0.15) is 11.8 Å². The van der Waals surface area contributed by atoms with Crippen molar-refractivity contribution in [1.29, 1.82) is 5.26 Å². The van der Waals surface area contributed by atoms with Crippen LogP contribution in [0.4, 0.5) is 0 Å². The van der Waals surface area contributed by atoms with Gasteiger partial charge in [0, 0.05) is 5.56 Å². The van der Waals surface area contributed by atoms with Crippen LogP contribution in [0.5, 0.6) is 0 Å². The van der Waals surface area contributed by atoms with E-state index in [0.717, 1.165) is 16.7 Å². The molecule has 112 valence electrons. The van der Waals surface area contributed by atoms with Crippen LogP contribution in [0.25, 0.3) is 22.4 Å². The van der Waals surface area contributed by atoms with Crippen molar-refractivity contribution >= 4 is 5.97 Å². The van der Waals surface area contributed by atoms with Crippen LogP contribution in [-0.2, 0) is 4.74 Å². The van der Waals surface area contributed by atoms with Crippen molar-refractivity contribution in [3.8, 4) is 28.5 Å². The highest BCUT2D eigenvalue weighted by molar-refractivity contribution is 5.97. The highest BCUT2D eigenvalue weighted by Gasteiger charge is 2.13. The van der Waals surface area contributed by atoms with Crippen LogP contribution in [0.2, 0.25) is 0 Å². The summed E-state index contributed by atoms with van der Waals surface area (Å²) in [5.74, 6) is -0.382. The minimum absolute atomic E-state index is 0.313. The van der Waals surface area contributed by atoms with Crippen molar-refractivity contribution in [2.24, 2.45) is 0 Å². The lowest BCUT2D eigenvalue weighted by Crippen LogP contribution is -2.03. The van der Waals surface area contributed by atoms with Crippen LogP contribution >= 0.6 is 0 Å². The number of methoxy groups -OCH3 is 1. The maximum atomic E-state index is 11.9. The van der Waals surface area contributed by atoms with Gasteiger partial charge < -0.3 is 4.74 Å². The highest BCUT2D eigenvalue weighted by atomic mass is 16.5. The fraction of sp³-hybridized carbons (Fsp3) is 0.0588. The van der Waals surface area contributed by atoms with E-state index in [2.05, 4.69) is 15.4 Å². The zero-order chi connectivity index (χ0) is 16.2. The van der Waals surface area contributed by atoms with Gasteiger partial charge in [-0.1, -0.05) is 47.7 Å². The molecule has 0 aliphatic carbocycles. The van der Waals surface area contributed by atoms with Crippen LogP contribution < -0.4 is 0 Å². The first-order valence-electron chi connectivity index (χ1n) is 6.84. The van der Waals surface area contributed by atoms with E-state index >= 15 is 0 Å². The number of rotatable bonds is 3. The molecule has 1 aromatic heterocycles. The Balaban J connectivity index is 2.01. The van der Waals surface area contributed by atoms with E-state index in [0.29, 0.717) is 17.0 Å². The fourth-order valence-electron chi connectivity index (χ4n) is 2.34. The van der Waals surface area contributed by atoms with Crippen molar-refractivity contribution in [3.63, 3.8) is 0 Å². The van der Waals surface area contributed by atoms with Gasteiger partial charge in [-0.15, -0.1) is 5.10 Å². The van der Waals surface area contributed by atoms with Crippen LogP contribution in [0.1, 0.15) is 16.1 Å². The number of nitrogens with zero attached hydrogens (tertiary/aromatic N) is 3. The lowest BCUT2D eigenvalue weighted by Gasteiger charge is -2.08. The van der Waals surface area contributed by atoms with E-state index in [1.807, 2.05) is 42.5 Å². The van der Waals surface area contributed by atoms with Crippen molar-refractivity contribution in [1.82, 2.24) is 15.4 Å². The summed E-state index contributed by atoms with van der Waals surface area (Å²) in [6.07, 6.45) is 0. The maximum absolute atomic E-state index is 11.9. The van der Waals surface area contributed by atoms with Crippen molar-refractivity contribution < 1.29 is 9.53 Å². The lowest BCUT2D eigenvalue weighted by molar-refractivity contribution is 0.0601. The van der Waals surface area contributed by atoms with Gasteiger partial charge in [-0.3, -0.25) is 0 Å². The number of nitriles is 1. The number of H-pyrrole nitrogens is 1. The molecule has 0 unspecified atom stereocenters. The van der Waals surface area contributed by atoms with Gasteiger partial charge in [-0.05, 0) is 17.2 Å². The molecule has 1 N–H and O–H groups in total. The Morgan fingerprint density at radius 2 is 1.83 bits per heavy atom. The average molecular weight is 304 g/mol. The molecule has 0 bridgehead atoms. The molecule has 0 saturated heterocycles. The lowest BCUT2D eigenvalue weighted by atomic mass is 9.98. The first-order chi connectivity index (χ1) is 11.2. The van der Waals surface area contributed by atoms with Crippen LogP contribution in [-0.4, -0.2) is 28.5 Å². The molecule has 0 fully saturated rings. The monoisotopic (exact) mass is 304 g/mol. The topological polar surface area (TPSA) is 91.7 Å². The molecule has 1 heterocycles. The van der Waals surface area contributed by atoms with Crippen LogP contribution in [0.15, 0.2) is 48.5 Å². The molecule has 6 nitrogen and oxygen atoms in total. The normalized spacial score (nSPS) is 10.1. The number of ether oxygens (including phenoxy) is 1. The number of hydrogen-bond acceptors (Lipinski definition) is 5. The van der Waals surface area contributed by atoms with Gasteiger partial charge in [0.15, 0.2) is 5.69 Å². The molecule has 0 aliphatic heterocycles. The van der Waals surface area contributed by atoms with E-state index in [4.69, 9.17) is 10.00 Å². The summed E-state index contributed by atoms with van der Waals surface area (Å²) in [6.45, 7) is 0. The molecule has 0 aliphatic rings. The molecule has 3 aromatic rings. The van der Waals surface area contributed by atoms with E-state index < -0.39 is 0 Å². The maximum Gasteiger partial charge on any atom is 0.338 e. The summed E-state index contributed by atoms with van der Waals surface area (Å²) in [5, 5.41) is 19.1. The van der Waals surface area contributed by atoms with Gasteiger partial charge in [-0.2, -0.15) is 5.26 Å². The molecule has 0 saturated carbocycles. The summed E-state index contributed by atoms with van der Waals surface area (Å²) in [5.41, 5.74) is 3.74. The fourth-order valence-corrected chi connectivity index (χ4v) is 2.34. The Morgan fingerprint density at radius 3 is 2.52 bits per heavy atom. The van der Waals surface area contributed by atoms with Gasteiger partial charge in [-0.25, -0.2) is 9.89 Å². The van der Waals surface area contributed by atoms with Gasteiger partial charge in [0.2, 0.25) is 0 Å². The Bertz CT molecular complexity index is 891. The van der Waals surface area contributed by atoms with Gasteiger partial charge in [0.05, 0.1) is 12.7 Å². The van der Waals surface area contributed by atoms with Crippen molar-refractivity contribution in [2.75, 3.05) is 7.11 Å². The number of hydrogen-bond donors (Lipinski definition) is 1. The summed E-state index contributed by atoms with van der Waals surface area (Å²) in [7, 11) is 1.36. The van der Waals surface area contributed by atoms with Crippen LogP contribution in [0.3, 0.4) is 0 Å². The first-order valence-corrected chi connectivity index (χ1v) is 6.84. The Labute approximate surface area is 132 Å². The standard InChI is InChI=1S/C17H12N4O2/c1-23-17(22)14-5-3-2-4-13(14)11-6-8-12(9-7-11)16-15(10-18)19-21-20-16/h2-9H,1H3,(H,19,20,21).